The number of nitrogens with one attached hydrogen (secondary N) is 1. The molecule has 21 heavy (non-hydrogen) atoms. The first kappa shape index (κ1) is 16.9. The van der Waals surface area contributed by atoms with Gasteiger partial charge in [-0.25, -0.2) is 4.39 Å². The van der Waals surface area contributed by atoms with E-state index >= 15 is 0 Å². The molecule has 0 aromatic heterocycles. The Balaban J connectivity index is 2.47. The Morgan fingerprint density at radius 2 is 1.90 bits per heavy atom. The number of halogens is 1. The van der Waals surface area contributed by atoms with Gasteiger partial charge in [0.1, 0.15) is 25.1 Å². The van der Waals surface area contributed by atoms with Crippen LogP contribution in [0.5, 0.6) is 5.75 Å². The van der Waals surface area contributed by atoms with Crippen LogP contribution >= 0.6 is 0 Å². The van der Waals surface area contributed by atoms with Crippen LogP contribution in [-0.4, -0.2) is 41.5 Å². The molecule has 0 fully saturated rings. The van der Waals surface area contributed by atoms with E-state index in [1.54, 1.807) is 24.3 Å². The van der Waals surface area contributed by atoms with E-state index in [1.165, 1.54) is 0 Å². The highest BCUT2D eigenvalue weighted by Gasteiger charge is 2.17. The summed E-state index contributed by atoms with van der Waals surface area (Å²) in [5.74, 6) is -1.58. The highest BCUT2D eigenvalue weighted by molar-refractivity contribution is 5.75. The van der Waals surface area contributed by atoms with E-state index < -0.39 is 24.7 Å². The highest BCUT2D eigenvalue weighted by atomic mass is 19.1. The molecule has 1 aromatic carbocycles. The van der Waals surface area contributed by atoms with Crippen LogP contribution in [0, 0.1) is 0 Å². The average Bonchev–Trinajstić information content (AvgIpc) is 2.45. The predicted octanol–water partition coefficient (Wildman–Crippen LogP) is 1.44. The number of carbonyl (C=O) groups is 2. The van der Waals surface area contributed by atoms with Gasteiger partial charge < -0.3 is 20.3 Å². The zero-order valence-corrected chi connectivity index (χ0v) is 11.4. The van der Waals surface area contributed by atoms with Crippen molar-refractivity contribution in [1.82, 2.24) is 5.32 Å². The summed E-state index contributed by atoms with van der Waals surface area (Å²) < 4.78 is 17.0. The molecule has 0 radical (unpaired) electrons. The van der Waals surface area contributed by atoms with Gasteiger partial charge >= 0.3 is 11.9 Å². The first-order valence-corrected chi connectivity index (χ1v) is 6.48. The Morgan fingerprint density at radius 3 is 2.43 bits per heavy atom. The van der Waals surface area contributed by atoms with Crippen LogP contribution in [0.1, 0.15) is 18.4 Å². The predicted molar refractivity (Wildman–Crippen MR) is 73.0 cm³/mol. The van der Waals surface area contributed by atoms with E-state index in [0.717, 1.165) is 5.56 Å². The Kier molecular flexibility index (Phi) is 7.17. The molecule has 0 spiro atoms. The first-order valence-electron chi connectivity index (χ1n) is 6.48. The number of ether oxygens (including phenoxy) is 1. The maximum Gasteiger partial charge on any atom is 0.320 e. The van der Waals surface area contributed by atoms with Gasteiger partial charge in [-0.3, -0.25) is 9.59 Å². The topological polar surface area (TPSA) is 95.9 Å². The summed E-state index contributed by atoms with van der Waals surface area (Å²) in [6.07, 6.45) is -0.192. The number of carboxylic acid groups (broad SMARTS) is 2. The van der Waals surface area contributed by atoms with Crippen molar-refractivity contribution in [2.24, 2.45) is 0 Å². The van der Waals surface area contributed by atoms with Gasteiger partial charge in [0.25, 0.3) is 0 Å². The first-order chi connectivity index (χ1) is 10.0. The van der Waals surface area contributed by atoms with Crippen molar-refractivity contribution in [2.75, 3.05) is 13.3 Å². The van der Waals surface area contributed by atoms with Crippen LogP contribution < -0.4 is 10.1 Å². The quantitative estimate of drug-likeness (QED) is 0.605. The van der Waals surface area contributed by atoms with E-state index in [9.17, 15) is 14.0 Å². The van der Waals surface area contributed by atoms with Crippen LogP contribution in [0.15, 0.2) is 24.3 Å². The molecule has 0 amide bonds. The number of hydrogen-bond donors (Lipinski definition) is 3. The summed E-state index contributed by atoms with van der Waals surface area (Å²) in [7, 11) is 0. The van der Waals surface area contributed by atoms with E-state index in [1.807, 2.05) is 0 Å². The van der Waals surface area contributed by atoms with E-state index in [4.69, 9.17) is 14.9 Å². The second-order valence-electron chi connectivity index (χ2n) is 4.39. The second-order valence-corrected chi connectivity index (χ2v) is 4.39. The smallest absolute Gasteiger partial charge is 0.320 e. The molecule has 0 unspecified atom stereocenters. The normalized spacial score (nSPS) is 11.9. The van der Waals surface area contributed by atoms with Gasteiger partial charge in [-0.1, -0.05) is 12.1 Å². The van der Waals surface area contributed by atoms with Crippen LogP contribution in [0.25, 0.3) is 0 Å². The molecule has 6 nitrogen and oxygen atoms in total. The van der Waals surface area contributed by atoms with Crippen molar-refractivity contribution in [3.05, 3.63) is 29.8 Å². The number of aliphatic carboxylic acids is 2. The summed E-state index contributed by atoms with van der Waals surface area (Å²) in [6, 6.07) is 5.88. The fraction of sp³-hybridized carbons (Fsp3) is 0.429. The van der Waals surface area contributed by atoms with Gasteiger partial charge in [0.2, 0.25) is 0 Å². The van der Waals surface area contributed by atoms with Crippen LogP contribution in [-0.2, 0) is 16.1 Å². The molecule has 0 heterocycles. The minimum atomic E-state index is -1.08. The maximum atomic E-state index is 11.9. The third-order valence-electron chi connectivity index (χ3n) is 2.77. The van der Waals surface area contributed by atoms with Gasteiger partial charge in [0.05, 0.1) is 0 Å². The van der Waals surface area contributed by atoms with Crippen LogP contribution in [0.4, 0.5) is 4.39 Å². The summed E-state index contributed by atoms with van der Waals surface area (Å²) in [6.45, 7) is -0.277. The molecule has 1 rings (SSSR count). The molecule has 7 heteroatoms. The van der Waals surface area contributed by atoms with Crippen molar-refractivity contribution in [3.8, 4) is 5.75 Å². The molecule has 0 saturated heterocycles. The molecule has 1 atom stereocenters. The zero-order valence-electron chi connectivity index (χ0n) is 11.4. The number of benzene rings is 1. The van der Waals surface area contributed by atoms with E-state index in [2.05, 4.69) is 5.32 Å². The molecule has 0 bridgehead atoms. The van der Waals surface area contributed by atoms with Gasteiger partial charge in [-0.05, 0) is 24.1 Å². The molecule has 116 valence electrons. The van der Waals surface area contributed by atoms with Crippen LogP contribution in [0.3, 0.4) is 0 Å². The van der Waals surface area contributed by atoms with Crippen molar-refractivity contribution in [2.45, 2.75) is 25.4 Å². The lowest BCUT2D eigenvalue weighted by Crippen LogP contribution is -2.36. The van der Waals surface area contributed by atoms with Gasteiger partial charge in [-0.2, -0.15) is 0 Å². The maximum absolute atomic E-state index is 11.9. The standard InChI is InChI=1S/C14H18FNO5/c15-7-8-21-11-3-1-10(2-4-11)9-16-12(14(19)20)5-6-13(17)18/h1-4,12,16H,5-9H2,(H,17,18)(H,19,20)/t12-/m1/s1. The number of rotatable bonds is 10. The summed E-state index contributed by atoms with van der Waals surface area (Å²) in [5.41, 5.74) is 0.823. The molecule has 0 aliphatic carbocycles. The lowest BCUT2D eigenvalue weighted by molar-refractivity contribution is -0.140. The lowest BCUT2D eigenvalue weighted by atomic mass is 10.1. The molecule has 1 aromatic rings. The summed E-state index contributed by atoms with van der Waals surface area (Å²) in [5, 5.41) is 20.4. The molecular formula is C14H18FNO5. The highest BCUT2D eigenvalue weighted by Crippen LogP contribution is 2.12. The minimum absolute atomic E-state index is 0.00608. The fourth-order valence-corrected chi connectivity index (χ4v) is 1.68. The molecule has 0 aliphatic rings. The van der Waals surface area contributed by atoms with Crippen molar-refractivity contribution in [3.63, 3.8) is 0 Å². The number of alkyl halides is 1. The molecule has 0 saturated carbocycles. The lowest BCUT2D eigenvalue weighted by Gasteiger charge is -2.13. The van der Waals surface area contributed by atoms with Crippen molar-refractivity contribution in [1.29, 1.82) is 0 Å². The van der Waals surface area contributed by atoms with Gasteiger partial charge in [0.15, 0.2) is 0 Å². The molecular weight excluding hydrogens is 281 g/mol. The van der Waals surface area contributed by atoms with E-state index in [0.29, 0.717) is 12.3 Å². The van der Waals surface area contributed by atoms with Gasteiger partial charge in [-0.15, -0.1) is 0 Å². The van der Waals surface area contributed by atoms with Crippen molar-refractivity contribution >= 4 is 11.9 Å². The Morgan fingerprint density at radius 1 is 1.24 bits per heavy atom. The van der Waals surface area contributed by atoms with Gasteiger partial charge in [0, 0.05) is 13.0 Å². The number of carboxylic acids is 2. The van der Waals surface area contributed by atoms with Crippen LogP contribution in [0.2, 0.25) is 0 Å². The van der Waals surface area contributed by atoms with E-state index in [-0.39, 0.29) is 19.4 Å². The third kappa shape index (κ3) is 6.71. The SMILES string of the molecule is O=C(O)CC[C@@H](NCc1ccc(OCCF)cc1)C(=O)O. The Hall–Kier alpha value is -2.15. The zero-order chi connectivity index (χ0) is 15.7. The Bertz CT molecular complexity index is 463. The monoisotopic (exact) mass is 299 g/mol. The second kappa shape index (κ2) is 8.91. The summed E-state index contributed by atoms with van der Waals surface area (Å²) in [4.78, 5) is 21.5. The fourth-order valence-electron chi connectivity index (χ4n) is 1.68. The average molecular weight is 299 g/mol. The summed E-state index contributed by atoms with van der Waals surface area (Å²) >= 11 is 0. The third-order valence-corrected chi connectivity index (χ3v) is 2.77. The number of hydrogen-bond acceptors (Lipinski definition) is 4. The minimum Gasteiger partial charge on any atom is -0.491 e. The largest absolute Gasteiger partial charge is 0.491 e. The van der Waals surface area contributed by atoms with Crippen molar-refractivity contribution < 1.29 is 28.9 Å². The Labute approximate surface area is 121 Å². The molecule has 3 N–H and O–H groups in total. The molecule has 0 aliphatic heterocycles.